The standard InChI is InChI=1S/C20H19FN2OS2/c21-14-6-3-5-13-15(11-12-25-20(13)14)22-18(24)9-4-10-19-23-16-7-1-2-8-17(16)26-19/h1-3,5-8,15H,4,9-12H2,(H,22,24)/t15-/m1/s1. The molecule has 4 rings (SSSR count). The third-order valence-corrected chi connectivity index (χ3v) is 6.75. The van der Waals surface area contributed by atoms with Gasteiger partial charge in [-0.25, -0.2) is 9.37 Å². The molecule has 1 N–H and O–H groups in total. The number of aromatic nitrogens is 1. The third kappa shape index (κ3) is 3.76. The van der Waals surface area contributed by atoms with Gasteiger partial charge in [0.05, 0.1) is 21.3 Å². The molecule has 0 spiro atoms. The SMILES string of the molecule is O=C(CCCc1nc2ccccc2s1)N[C@@H]1CCSc2c(F)cccc21. The van der Waals surface area contributed by atoms with Gasteiger partial charge in [0.15, 0.2) is 0 Å². The van der Waals surface area contributed by atoms with Gasteiger partial charge in [0.2, 0.25) is 5.91 Å². The predicted molar refractivity (Wildman–Crippen MR) is 105 cm³/mol. The number of thiazole rings is 1. The van der Waals surface area contributed by atoms with Crippen LogP contribution in [0.2, 0.25) is 0 Å². The van der Waals surface area contributed by atoms with Crippen LogP contribution < -0.4 is 5.32 Å². The van der Waals surface area contributed by atoms with Gasteiger partial charge < -0.3 is 5.32 Å². The Morgan fingerprint density at radius 2 is 2.12 bits per heavy atom. The van der Waals surface area contributed by atoms with Crippen molar-refractivity contribution < 1.29 is 9.18 Å². The minimum atomic E-state index is -0.192. The largest absolute Gasteiger partial charge is 0.349 e. The van der Waals surface area contributed by atoms with Gasteiger partial charge in [-0.2, -0.15) is 0 Å². The van der Waals surface area contributed by atoms with Crippen molar-refractivity contribution in [2.45, 2.75) is 36.6 Å². The zero-order valence-corrected chi connectivity index (χ0v) is 15.8. The van der Waals surface area contributed by atoms with Crippen molar-refractivity contribution in [1.82, 2.24) is 10.3 Å². The maximum atomic E-state index is 13.9. The number of hydrogen-bond acceptors (Lipinski definition) is 4. The average molecular weight is 387 g/mol. The van der Waals surface area contributed by atoms with E-state index in [1.54, 1.807) is 17.4 Å². The topological polar surface area (TPSA) is 42.0 Å². The van der Waals surface area contributed by atoms with E-state index in [1.807, 2.05) is 24.3 Å². The highest BCUT2D eigenvalue weighted by Gasteiger charge is 2.24. The summed E-state index contributed by atoms with van der Waals surface area (Å²) in [4.78, 5) is 17.6. The number of carbonyl (C=O) groups is 1. The molecule has 0 saturated heterocycles. The predicted octanol–water partition coefficient (Wildman–Crippen LogP) is 5.11. The molecule has 1 amide bonds. The van der Waals surface area contributed by atoms with E-state index in [4.69, 9.17) is 0 Å². The molecule has 0 fully saturated rings. The van der Waals surface area contributed by atoms with Crippen LogP contribution in [0.3, 0.4) is 0 Å². The zero-order chi connectivity index (χ0) is 17.9. The number of halogens is 1. The molecule has 2 heterocycles. The Balaban J connectivity index is 1.33. The van der Waals surface area contributed by atoms with Crippen molar-refractivity contribution in [3.63, 3.8) is 0 Å². The first-order valence-electron chi connectivity index (χ1n) is 8.76. The Labute approximate surface area is 160 Å². The van der Waals surface area contributed by atoms with Crippen LogP contribution in [0, 0.1) is 5.82 Å². The van der Waals surface area contributed by atoms with E-state index in [9.17, 15) is 9.18 Å². The molecule has 26 heavy (non-hydrogen) atoms. The zero-order valence-electron chi connectivity index (χ0n) is 14.2. The fourth-order valence-corrected chi connectivity index (χ4v) is 5.38. The van der Waals surface area contributed by atoms with E-state index >= 15 is 0 Å². The van der Waals surface area contributed by atoms with Crippen LogP contribution >= 0.6 is 23.1 Å². The summed E-state index contributed by atoms with van der Waals surface area (Å²) in [6.45, 7) is 0. The molecule has 0 radical (unpaired) electrons. The number of rotatable bonds is 5. The molecule has 1 aromatic heterocycles. The lowest BCUT2D eigenvalue weighted by Crippen LogP contribution is -2.30. The minimum Gasteiger partial charge on any atom is -0.349 e. The molecule has 3 nitrogen and oxygen atoms in total. The van der Waals surface area contributed by atoms with E-state index in [0.29, 0.717) is 11.3 Å². The number of benzene rings is 2. The first-order valence-corrected chi connectivity index (χ1v) is 10.6. The van der Waals surface area contributed by atoms with Crippen molar-refractivity contribution >= 4 is 39.2 Å². The summed E-state index contributed by atoms with van der Waals surface area (Å²) in [7, 11) is 0. The van der Waals surface area contributed by atoms with Gasteiger partial charge in [-0.15, -0.1) is 23.1 Å². The first-order chi connectivity index (χ1) is 12.7. The summed E-state index contributed by atoms with van der Waals surface area (Å²) in [5.41, 5.74) is 1.93. The summed E-state index contributed by atoms with van der Waals surface area (Å²) in [5.74, 6) is 0.658. The van der Waals surface area contributed by atoms with Gasteiger partial charge >= 0.3 is 0 Å². The van der Waals surface area contributed by atoms with Gasteiger partial charge in [-0.3, -0.25) is 4.79 Å². The molecule has 0 aliphatic carbocycles. The number of carbonyl (C=O) groups excluding carboxylic acids is 1. The van der Waals surface area contributed by atoms with Crippen LogP contribution in [0.25, 0.3) is 10.2 Å². The van der Waals surface area contributed by atoms with Crippen molar-refractivity contribution in [3.8, 4) is 0 Å². The smallest absolute Gasteiger partial charge is 0.220 e. The lowest BCUT2D eigenvalue weighted by molar-refractivity contribution is -0.122. The molecule has 2 aromatic carbocycles. The molecule has 6 heteroatoms. The third-order valence-electron chi connectivity index (χ3n) is 4.49. The molecule has 0 bridgehead atoms. The van der Waals surface area contributed by atoms with Gasteiger partial charge in [0.25, 0.3) is 0 Å². The molecule has 1 atom stereocenters. The van der Waals surface area contributed by atoms with Gasteiger partial charge in [-0.1, -0.05) is 24.3 Å². The summed E-state index contributed by atoms with van der Waals surface area (Å²) in [6, 6.07) is 13.1. The number of fused-ring (bicyclic) bond motifs is 2. The monoisotopic (exact) mass is 386 g/mol. The number of nitrogens with zero attached hydrogens (tertiary/aromatic N) is 1. The lowest BCUT2D eigenvalue weighted by Gasteiger charge is -2.26. The number of amides is 1. The maximum Gasteiger partial charge on any atom is 0.220 e. The Kier molecular flexibility index (Phi) is 5.22. The second-order valence-electron chi connectivity index (χ2n) is 6.34. The highest BCUT2D eigenvalue weighted by Crippen LogP contribution is 2.37. The second kappa shape index (κ2) is 7.76. The van der Waals surface area contributed by atoms with Gasteiger partial charge in [0, 0.05) is 17.1 Å². The van der Waals surface area contributed by atoms with E-state index in [0.717, 1.165) is 41.1 Å². The molecule has 3 aromatic rings. The van der Waals surface area contributed by atoms with Crippen LogP contribution in [0.15, 0.2) is 47.4 Å². The molecule has 0 unspecified atom stereocenters. The van der Waals surface area contributed by atoms with Crippen LogP contribution in [0.5, 0.6) is 0 Å². The van der Waals surface area contributed by atoms with Crippen LogP contribution in [-0.2, 0) is 11.2 Å². The van der Waals surface area contributed by atoms with Crippen LogP contribution in [-0.4, -0.2) is 16.6 Å². The molecule has 0 saturated carbocycles. The Hall–Kier alpha value is -1.92. The molecule has 1 aliphatic rings. The van der Waals surface area contributed by atoms with Crippen molar-refractivity contribution in [2.24, 2.45) is 0 Å². The second-order valence-corrected chi connectivity index (χ2v) is 8.56. The summed E-state index contributed by atoms with van der Waals surface area (Å²) < 4.78 is 15.1. The first kappa shape index (κ1) is 17.5. The molecule has 1 aliphatic heterocycles. The van der Waals surface area contributed by atoms with Crippen LogP contribution in [0.1, 0.15) is 35.9 Å². The summed E-state index contributed by atoms with van der Waals surface area (Å²) >= 11 is 3.22. The number of thioether (sulfide) groups is 1. The van der Waals surface area contributed by atoms with E-state index < -0.39 is 0 Å². The number of nitrogens with one attached hydrogen (secondary N) is 1. The highest BCUT2D eigenvalue weighted by molar-refractivity contribution is 7.99. The summed E-state index contributed by atoms with van der Waals surface area (Å²) in [6.07, 6.45) is 2.87. The highest BCUT2D eigenvalue weighted by atomic mass is 32.2. The van der Waals surface area contributed by atoms with Crippen molar-refractivity contribution in [3.05, 3.63) is 58.9 Å². The fourth-order valence-electron chi connectivity index (χ4n) is 3.23. The molecule has 134 valence electrons. The fraction of sp³-hybridized carbons (Fsp3) is 0.300. The Morgan fingerprint density at radius 3 is 3.00 bits per heavy atom. The van der Waals surface area contributed by atoms with Gasteiger partial charge in [-0.05, 0) is 43.0 Å². The maximum absolute atomic E-state index is 13.9. The van der Waals surface area contributed by atoms with Crippen LogP contribution in [0.4, 0.5) is 4.39 Å². The minimum absolute atomic E-state index is 0.0261. The van der Waals surface area contributed by atoms with Crippen molar-refractivity contribution in [1.29, 1.82) is 0 Å². The quantitative estimate of drug-likeness (QED) is 0.662. The molecular weight excluding hydrogens is 367 g/mol. The Bertz CT molecular complexity index is 907. The normalized spacial score (nSPS) is 16.4. The molecular formula is C20H19FN2OS2. The number of para-hydroxylation sites is 1. The van der Waals surface area contributed by atoms with E-state index in [-0.39, 0.29) is 17.8 Å². The van der Waals surface area contributed by atoms with E-state index in [2.05, 4.69) is 16.4 Å². The van der Waals surface area contributed by atoms with Gasteiger partial charge in [0.1, 0.15) is 5.82 Å². The van der Waals surface area contributed by atoms with Crippen molar-refractivity contribution in [2.75, 3.05) is 5.75 Å². The average Bonchev–Trinajstić information content (AvgIpc) is 3.05. The lowest BCUT2D eigenvalue weighted by atomic mass is 10.0. The number of hydrogen-bond donors (Lipinski definition) is 1. The Morgan fingerprint density at radius 1 is 1.23 bits per heavy atom. The number of aryl methyl sites for hydroxylation is 1. The van der Waals surface area contributed by atoms with E-state index in [1.165, 1.54) is 22.5 Å². The summed E-state index contributed by atoms with van der Waals surface area (Å²) in [5, 5.41) is 4.15.